The number of H-pyrrole nitrogens is 1. The molecule has 0 saturated carbocycles. The van der Waals surface area contributed by atoms with Gasteiger partial charge in [0.25, 0.3) is 0 Å². The number of hydrogen-bond donors (Lipinski definition) is 2. The molecule has 0 bridgehead atoms. The molecule has 0 unspecified atom stereocenters. The molecule has 0 amide bonds. The van der Waals surface area contributed by atoms with Crippen LogP contribution in [0.1, 0.15) is 39.2 Å². The van der Waals surface area contributed by atoms with Crippen molar-refractivity contribution in [2.45, 2.75) is 40.0 Å². The number of nitrogens with two attached hydrogens (primary N) is 1. The summed E-state index contributed by atoms with van der Waals surface area (Å²) in [5.41, 5.74) is 12.0. The molecular weight excluding hydrogens is 346 g/mol. The lowest BCUT2D eigenvalue weighted by Gasteiger charge is -2.21. The predicted molar refractivity (Wildman–Crippen MR) is 120 cm³/mol. The molecule has 0 aliphatic rings. The van der Waals surface area contributed by atoms with Crippen LogP contribution in [0, 0.1) is 0 Å². The second-order valence-electron chi connectivity index (χ2n) is 7.08. The summed E-state index contributed by atoms with van der Waals surface area (Å²) in [4.78, 5) is 6.02. The van der Waals surface area contributed by atoms with Gasteiger partial charge in [0.2, 0.25) is 0 Å². The van der Waals surface area contributed by atoms with E-state index >= 15 is 0 Å². The number of nitrogens with one attached hydrogen (secondary N) is 1. The van der Waals surface area contributed by atoms with Gasteiger partial charge in [-0.15, -0.1) is 0 Å². The summed E-state index contributed by atoms with van der Waals surface area (Å²) >= 11 is 0. The van der Waals surface area contributed by atoms with Gasteiger partial charge >= 0.3 is 0 Å². The van der Waals surface area contributed by atoms with Crippen LogP contribution in [0.15, 0.2) is 42.5 Å². The van der Waals surface area contributed by atoms with Crippen molar-refractivity contribution < 1.29 is 4.74 Å². The van der Waals surface area contributed by atoms with Gasteiger partial charge in [-0.3, -0.25) is 0 Å². The number of aromatic amines is 1. The molecule has 0 radical (unpaired) electrons. The molecule has 28 heavy (non-hydrogen) atoms. The summed E-state index contributed by atoms with van der Waals surface area (Å²) in [6.07, 6.45) is 3.14. The van der Waals surface area contributed by atoms with Crippen LogP contribution in [0.2, 0.25) is 0 Å². The molecule has 0 aliphatic carbocycles. The van der Waals surface area contributed by atoms with Crippen molar-refractivity contribution in [2.24, 2.45) is 5.73 Å². The van der Waals surface area contributed by atoms with Crippen LogP contribution in [0.5, 0.6) is 5.75 Å². The Labute approximate surface area is 168 Å². The molecule has 0 spiro atoms. The molecule has 3 rings (SSSR count). The van der Waals surface area contributed by atoms with E-state index in [1.807, 2.05) is 13.0 Å². The Bertz CT molecular complexity index is 879. The highest BCUT2D eigenvalue weighted by atomic mass is 16.5. The second kappa shape index (κ2) is 9.65. The zero-order chi connectivity index (χ0) is 19.9. The molecule has 3 N–H and O–H groups in total. The lowest BCUT2D eigenvalue weighted by molar-refractivity contribution is 0.340. The lowest BCUT2D eigenvalue weighted by Crippen LogP contribution is -2.21. The van der Waals surface area contributed by atoms with Crippen LogP contribution in [0.3, 0.4) is 0 Å². The van der Waals surface area contributed by atoms with E-state index in [0.29, 0.717) is 6.61 Å². The number of nitrogens with zero attached hydrogens (tertiary/aromatic N) is 1. The van der Waals surface area contributed by atoms with Crippen LogP contribution in [-0.4, -0.2) is 31.2 Å². The topological polar surface area (TPSA) is 54.3 Å². The number of fused-ring (bicyclic) bond motifs is 1. The number of hydrogen-bond acceptors (Lipinski definition) is 3. The Balaban J connectivity index is 2.01. The van der Waals surface area contributed by atoms with Crippen LogP contribution in [-0.2, 0) is 6.42 Å². The van der Waals surface area contributed by atoms with Crippen molar-refractivity contribution >= 4 is 16.6 Å². The first kappa shape index (κ1) is 20.3. The fourth-order valence-corrected chi connectivity index (χ4v) is 3.86. The predicted octanol–water partition coefficient (Wildman–Crippen LogP) is 5.36. The molecule has 4 heteroatoms. The van der Waals surface area contributed by atoms with Gasteiger partial charge in [0.05, 0.1) is 6.61 Å². The van der Waals surface area contributed by atoms with Gasteiger partial charge in [-0.25, -0.2) is 0 Å². The summed E-state index contributed by atoms with van der Waals surface area (Å²) in [6.45, 7) is 9.87. The minimum Gasteiger partial charge on any atom is -0.494 e. The zero-order valence-corrected chi connectivity index (χ0v) is 17.4. The lowest BCUT2D eigenvalue weighted by atomic mass is 10.00. The van der Waals surface area contributed by atoms with E-state index in [0.717, 1.165) is 50.2 Å². The van der Waals surface area contributed by atoms with Gasteiger partial charge in [0.15, 0.2) is 0 Å². The number of rotatable bonds is 10. The number of ether oxygens (including phenoxy) is 1. The van der Waals surface area contributed by atoms with E-state index in [1.54, 1.807) is 0 Å². The molecule has 0 fully saturated rings. The number of anilines is 1. The maximum Gasteiger partial charge on any atom is 0.120 e. The third kappa shape index (κ3) is 4.33. The average Bonchev–Trinajstić information content (AvgIpc) is 3.08. The summed E-state index contributed by atoms with van der Waals surface area (Å²) in [5.74, 6) is 0.928. The minimum atomic E-state index is 0.679. The van der Waals surface area contributed by atoms with Crippen molar-refractivity contribution in [3.63, 3.8) is 0 Å². The highest BCUT2D eigenvalue weighted by Crippen LogP contribution is 2.34. The summed E-state index contributed by atoms with van der Waals surface area (Å²) in [5, 5.41) is 1.26. The van der Waals surface area contributed by atoms with E-state index in [9.17, 15) is 0 Å². The van der Waals surface area contributed by atoms with Crippen LogP contribution >= 0.6 is 0 Å². The molecule has 150 valence electrons. The third-order valence-corrected chi connectivity index (χ3v) is 5.35. The molecule has 3 aromatic rings. The van der Waals surface area contributed by atoms with E-state index in [2.05, 4.69) is 60.1 Å². The van der Waals surface area contributed by atoms with E-state index in [-0.39, 0.29) is 0 Å². The molecule has 0 aliphatic heterocycles. The summed E-state index contributed by atoms with van der Waals surface area (Å²) in [6, 6.07) is 15.2. The highest BCUT2D eigenvalue weighted by Gasteiger charge is 2.14. The molecule has 1 heterocycles. The Morgan fingerprint density at radius 3 is 2.36 bits per heavy atom. The first-order valence-electron chi connectivity index (χ1n) is 10.5. The van der Waals surface area contributed by atoms with Gasteiger partial charge in [-0.1, -0.05) is 12.1 Å². The number of benzene rings is 2. The number of aryl methyl sites for hydroxylation is 1. The van der Waals surface area contributed by atoms with Gasteiger partial charge in [-0.2, -0.15) is 0 Å². The van der Waals surface area contributed by atoms with Gasteiger partial charge in [0.1, 0.15) is 5.75 Å². The summed E-state index contributed by atoms with van der Waals surface area (Å²) < 4.78 is 5.74. The number of unbranched alkanes of at least 4 members (excludes halogenated alkanes) is 1. The van der Waals surface area contributed by atoms with Gasteiger partial charge in [0, 0.05) is 35.4 Å². The molecule has 1 aromatic heterocycles. The van der Waals surface area contributed by atoms with Crippen molar-refractivity contribution in [2.75, 3.05) is 31.1 Å². The van der Waals surface area contributed by atoms with Crippen molar-refractivity contribution in [1.29, 1.82) is 0 Å². The average molecular weight is 380 g/mol. The van der Waals surface area contributed by atoms with Crippen molar-refractivity contribution in [1.82, 2.24) is 4.98 Å². The van der Waals surface area contributed by atoms with E-state index < -0.39 is 0 Å². The van der Waals surface area contributed by atoms with Crippen LogP contribution in [0.4, 0.5) is 5.69 Å². The molecule has 0 atom stereocenters. The second-order valence-corrected chi connectivity index (χ2v) is 7.08. The highest BCUT2D eigenvalue weighted by molar-refractivity contribution is 5.92. The number of aromatic nitrogens is 1. The summed E-state index contributed by atoms with van der Waals surface area (Å²) in [7, 11) is 0. The minimum absolute atomic E-state index is 0.679. The molecular formula is C24H33N3O. The molecule has 0 saturated heterocycles. The van der Waals surface area contributed by atoms with Crippen molar-refractivity contribution in [3.05, 3.63) is 48.0 Å². The van der Waals surface area contributed by atoms with E-state index in [1.165, 1.54) is 27.9 Å². The maximum atomic E-state index is 5.74. The van der Waals surface area contributed by atoms with Crippen LogP contribution < -0.4 is 15.4 Å². The fourth-order valence-electron chi connectivity index (χ4n) is 3.86. The molecule has 4 nitrogen and oxygen atoms in total. The Morgan fingerprint density at radius 1 is 0.964 bits per heavy atom. The Kier molecular flexibility index (Phi) is 6.99. The first-order chi connectivity index (χ1) is 13.7. The fraction of sp³-hybridized carbons (Fsp3) is 0.417. The standard InChI is InChI=1S/C24H33N3O/c1-4-27(5-2)19-12-10-18(11-13-19)24-21(9-7-8-16-25)22-17-20(28-6-3)14-15-23(22)26-24/h10-15,17,26H,4-9,16,25H2,1-3H3. The maximum absolute atomic E-state index is 5.74. The zero-order valence-electron chi connectivity index (χ0n) is 17.4. The van der Waals surface area contributed by atoms with Crippen molar-refractivity contribution in [3.8, 4) is 17.0 Å². The van der Waals surface area contributed by atoms with Crippen LogP contribution in [0.25, 0.3) is 22.2 Å². The molecule has 2 aromatic carbocycles. The SMILES string of the molecule is CCOc1ccc2[nH]c(-c3ccc(N(CC)CC)cc3)c(CCCCN)c2c1. The van der Waals surface area contributed by atoms with E-state index in [4.69, 9.17) is 10.5 Å². The third-order valence-electron chi connectivity index (χ3n) is 5.35. The Morgan fingerprint density at radius 2 is 1.71 bits per heavy atom. The smallest absolute Gasteiger partial charge is 0.120 e. The Hall–Kier alpha value is -2.46. The monoisotopic (exact) mass is 379 g/mol. The van der Waals surface area contributed by atoms with Gasteiger partial charge < -0.3 is 20.4 Å². The normalized spacial score (nSPS) is 11.1. The first-order valence-corrected chi connectivity index (χ1v) is 10.5. The largest absolute Gasteiger partial charge is 0.494 e. The van der Waals surface area contributed by atoms with Gasteiger partial charge in [-0.05, 0) is 88.0 Å². The quantitative estimate of drug-likeness (QED) is 0.466.